The van der Waals surface area contributed by atoms with E-state index < -0.39 is 17.7 Å². The highest BCUT2D eigenvalue weighted by Gasteiger charge is 2.19. The lowest BCUT2D eigenvalue weighted by atomic mass is 10.1. The predicted octanol–water partition coefficient (Wildman–Crippen LogP) is 4.58. The van der Waals surface area contributed by atoms with Gasteiger partial charge in [0, 0.05) is 12.6 Å². The molecule has 3 rings (SSSR count). The summed E-state index contributed by atoms with van der Waals surface area (Å²) in [6.07, 6.45) is 0. The zero-order chi connectivity index (χ0) is 18.7. The summed E-state index contributed by atoms with van der Waals surface area (Å²) in [5, 5.41) is 4.82. The van der Waals surface area contributed by atoms with Crippen molar-refractivity contribution in [3.63, 3.8) is 0 Å². The third-order valence-electron chi connectivity index (χ3n) is 4.48. The molecule has 0 spiro atoms. The Morgan fingerprint density at radius 3 is 2.50 bits per heavy atom. The minimum absolute atomic E-state index is 0.0256. The summed E-state index contributed by atoms with van der Waals surface area (Å²) in [6.45, 7) is 2.32. The van der Waals surface area contributed by atoms with Gasteiger partial charge in [0.2, 0.25) is 5.91 Å². The summed E-state index contributed by atoms with van der Waals surface area (Å²) in [4.78, 5) is 14.3. The van der Waals surface area contributed by atoms with Crippen molar-refractivity contribution in [2.75, 3.05) is 12.4 Å². The number of benzene rings is 3. The Kier molecular flexibility index (Phi) is 5.28. The molecular formula is C21H20F2N2O. The minimum Gasteiger partial charge on any atom is -0.322 e. The Bertz CT molecular complexity index is 942. The van der Waals surface area contributed by atoms with Gasteiger partial charge in [-0.15, -0.1) is 0 Å². The van der Waals surface area contributed by atoms with E-state index in [0.29, 0.717) is 6.54 Å². The zero-order valence-electron chi connectivity index (χ0n) is 14.7. The maximum absolute atomic E-state index is 13.7. The van der Waals surface area contributed by atoms with E-state index >= 15 is 0 Å². The number of nitrogens with one attached hydrogen (secondary N) is 1. The van der Waals surface area contributed by atoms with Gasteiger partial charge in [-0.1, -0.05) is 36.4 Å². The number of hydrogen-bond donors (Lipinski definition) is 1. The molecule has 0 aromatic heterocycles. The van der Waals surface area contributed by atoms with Crippen LogP contribution in [0, 0.1) is 11.6 Å². The fraction of sp³-hybridized carbons (Fsp3) is 0.190. The molecule has 0 fully saturated rings. The van der Waals surface area contributed by atoms with Gasteiger partial charge in [-0.25, -0.2) is 8.78 Å². The maximum atomic E-state index is 13.7. The number of fused-ring (bicyclic) bond motifs is 1. The van der Waals surface area contributed by atoms with E-state index in [1.807, 2.05) is 36.2 Å². The van der Waals surface area contributed by atoms with E-state index in [9.17, 15) is 13.6 Å². The van der Waals surface area contributed by atoms with Crippen molar-refractivity contribution >= 4 is 22.4 Å². The van der Waals surface area contributed by atoms with Gasteiger partial charge >= 0.3 is 0 Å². The number of halogens is 2. The highest BCUT2D eigenvalue weighted by molar-refractivity contribution is 5.94. The van der Waals surface area contributed by atoms with Crippen molar-refractivity contribution in [1.82, 2.24) is 4.90 Å². The van der Waals surface area contributed by atoms with Crippen molar-refractivity contribution in [2.45, 2.75) is 19.5 Å². The fourth-order valence-corrected chi connectivity index (χ4v) is 2.79. The van der Waals surface area contributed by atoms with Crippen molar-refractivity contribution in [1.29, 1.82) is 0 Å². The Morgan fingerprint density at radius 2 is 1.77 bits per heavy atom. The third-order valence-corrected chi connectivity index (χ3v) is 4.48. The molecule has 0 radical (unpaired) electrons. The molecule has 1 atom stereocenters. The molecule has 5 heteroatoms. The van der Waals surface area contributed by atoms with E-state index in [-0.39, 0.29) is 11.6 Å². The third kappa shape index (κ3) is 4.06. The van der Waals surface area contributed by atoms with Gasteiger partial charge in [0.05, 0.1) is 11.7 Å². The number of rotatable bonds is 5. The Hall–Kier alpha value is -2.79. The second-order valence-electron chi connectivity index (χ2n) is 6.39. The second kappa shape index (κ2) is 7.62. The van der Waals surface area contributed by atoms with Gasteiger partial charge in [0.1, 0.15) is 11.6 Å². The Labute approximate surface area is 151 Å². The molecule has 0 heterocycles. The Balaban J connectivity index is 1.67. The first-order valence-electron chi connectivity index (χ1n) is 8.38. The molecule has 3 aromatic rings. The Morgan fingerprint density at radius 1 is 1.04 bits per heavy atom. The van der Waals surface area contributed by atoms with Crippen LogP contribution in [0.15, 0.2) is 60.7 Å². The molecule has 3 nitrogen and oxygen atoms in total. The molecule has 1 amide bonds. The zero-order valence-corrected chi connectivity index (χ0v) is 14.7. The molecule has 1 N–H and O–H groups in total. The van der Waals surface area contributed by atoms with Crippen molar-refractivity contribution < 1.29 is 13.6 Å². The highest BCUT2D eigenvalue weighted by Crippen LogP contribution is 2.18. The van der Waals surface area contributed by atoms with E-state index in [1.165, 1.54) is 6.07 Å². The van der Waals surface area contributed by atoms with E-state index in [2.05, 4.69) is 23.5 Å². The van der Waals surface area contributed by atoms with Gasteiger partial charge < -0.3 is 5.32 Å². The molecular weight excluding hydrogens is 334 g/mol. The average molecular weight is 354 g/mol. The quantitative estimate of drug-likeness (QED) is 0.727. The molecule has 3 aromatic carbocycles. The molecule has 0 aliphatic rings. The predicted molar refractivity (Wildman–Crippen MR) is 99.9 cm³/mol. The van der Waals surface area contributed by atoms with Gasteiger partial charge in [-0.2, -0.15) is 0 Å². The maximum Gasteiger partial charge on any atom is 0.241 e. The summed E-state index contributed by atoms with van der Waals surface area (Å²) in [6, 6.07) is 16.9. The van der Waals surface area contributed by atoms with Crippen LogP contribution in [0.2, 0.25) is 0 Å². The lowest BCUT2D eigenvalue weighted by molar-refractivity contribution is -0.120. The normalized spacial score (nSPS) is 12.3. The number of carbonyl (C=O) groups is 1. The van der Waals surface area contributed by atoms with Crippen LogP contribution in [0.5, 0.6) is 0 Å². The van der Waals surface area contributed by atoms with Gasteiger partial charge in [-0.05, 0) is 48.5 Å². The van der Waals surface area contributed by atoms with Crippen LogP contribution in [0.3, 0.4) is 0 Å². The lowest BCUT2D eigenvalue weighted by Gasteiger charge is -2.24. The molecule has 0 aliphatic carbocycles. The second-order valence-corrected chi connectivity index (χ2v) is 6.39. The van der Waals surface area contributed by atoms with Gasteiger partial charge in [0.15, 0.2) is 0 Å². The molecule has 26 heavy (non-hydrogen) atoms. The van der Waals surface area contributed by atoms with Crippen LogP contribution in [0.1, 0.15) is 12.5 Å². The van der Waals surface area contributed by atoms with Crippen LogP contribution in [0.25, 0.3) is 10.8 Å². The first-order chi connectivity index (χ1) is 12.4. The van der Waals surface area contributed by atoms with Crippen LogP contribution in [0.4, 0.5) is 14.5 Å². The number of anilines is 1. The number of carbonyl (C=O) groups excluding carboxylic acids is 1. The molecule has 0 saturated heterocycles. The van der Waals surface area contributed by atoms with E-state index in [1.54, 1.807) is 6.92 Å². The summed E-state index contributed by atoms with van der Waals surface area (Å²) >= 11 is 0. The van der Waals surface area contributed by atoms with E-state index in [4.69, 9.17) is 0 Å². The first kappa shape index (κ1) is 18.0. The molecule has 0 saturated carbocycles. The summed E-state index contributed by atoms with van der Waals surface area (Å²) < 4.78 is 26.7. The number of likely N-dealkylation sites (N-methyl/N-ethyl adjacent to an activating group) is 1. The van der Waals surface area contributed by atoms with Crippen LogP contribution in [-0.4, -0.2) is 23.9 Å². The number of hydrogen-bond acceptors (Lipinski definition) is 2. The van der Waals surface area contributed by atoms with E-state index in [0.717, 1.165) is 28.5 Å². The van der Waals surface area contributed by atoms with Gasteiger partial charge in [-0.3, -0.25) is 9.69 Å². The average Bonchev–Trinajstić information content (AvgIpc) is 2.63. The highest BCUT2D eigenvalue weighted by atomic mass is 19.1. The van der Waals surface area contributed by atoms with Crippen LogP contribution in [-0.2, 0) is 11.3 Å². The summed E-state index contributed by atoms with van der Waals surface area (Å²) in [5.41, 5.74) is 1.06. The van der Waals surface area contributed by atoms with Crippen molar-refractivity contribution in [3.05, 3.63) is 77.9 Å². The topological polar surface area (TPSA) is 32.3 Å². The van der Waals surface area contributed by atoms with Crippen molar-refractivity contribution in [2.24, 2.45) is 0 Å². The van der Waals surface area contributed by atoms with Crippen LogP contribution >= 0.6 is 0 Å². The fourth-order valence-electron chi connectivity index (χ4n) is 2.79. The SMILES string of the molecule is CC(C(=O)Nc1ccc(F)cc1F)N(C)Cc1ccc2ccccc2c1. The molecule has 0 aliphatic heterocycles. The molecule has 134 valence electrons. The van der Waals surface area contributed by atoms with Crippen molar-refractivity contribution in [3.8, 4) is 0 Å². The smallest absolute Gasteiger partial charge is 0.241 e. The standard InChI is InChI=1S/C21H20F2N2O/c1-14(21(26)24-20-10-9-18(22)12-19(20)23)25(2)13-15-7-8-16-5-3-4-6-17(16)11-15/h3-12,14H,13H2,1-2H3,(H,24,26). The monoisotopic (exact) mass is 354 g/mol. The largest absolute Gasteiger partial charge is 0.322 e. The summed E-state index contributed by atoms with van der Waals surface area (Å²) in [7, 11) is 1.83. The van der Waals surface area contributed by atoms with Gasteiger partial charge in [0.25, 0.3) is 0 Å². The van der Waals surface area contributed by atoms with Crippen LogP contribution < -0.4 is 5.32 Å². The number of nitrogens with zero attached hydrogens (tertiary/aromatic N) is 1. The lowest BCUT2D eigenvalue weighted by Crippen LogP contribution is -2.39. The first-order valence-corrected chi connectivity index (χ1v) is 8.38. The number of amides is 1. The molecule has 1 unspecified atom stereocenters. The molecule has 0 bridgehead atoms. The minimum atomic E-state index is -0.789. The summed E-state index contributed by atoms with van der Waals surface area (Å²) in [5.74, 6) is -1.82.